The Hall–Kier alpha value is -1.85. The summed E-state index contributed by atoms with van der Waals surface area (Å²) >= 11 is 0. The van der Waals surface area contributed by atoms with Gasteiger partial charge in [-0.2, -0.15) is 0 Å². The molecule has 1 heterocycles. The number of amidine groups is 1. The molecule has 0 saturated carbocycles. The zero-order chi connectivity index (χ0) is 10.7. The zero-order valence-electron chi connectivity index (χ0n) is 8.01. The van der Waals surface area contributed by atoms with E-state index in [1.807, 2.05) is 13.8 Å². The van der Waals surface area contributed by atoms with Crippen LogP contribution in [0.25, 0.3) is 0 Å². The Labute approximate surface area is 80.7 Å². The molecule has 0 aliphatic rings. The van der Waals surface area contributed by atoms with Crippen LogP contribution < -0.4 is 11.3 Å². The van der Waals surface area contributed by atoms with Crippen molar-refractivity contribution in [1.29, 1.82) is 0 Å². The molecule has 1 rings (SSSR count). The van der Waals surface area contributed by atoms with Gasteiger partial charge >= 0.3 is 0 Å². The molecule has 76 valence electrons. The van der Waals surface area contributed by atoms with Crippen LogP contribution in [0.1, 0.15) is 25.5 Å². The standard InChI is InChI=1S/C8H12N4O2/c1-5(2)12-4-10-3-6(8(12)13)7(9)11-14/h3-5,14H,1-2H3,(H2,9,11). The van der Waals surface area contributed by atoms with Gasteiger partial charge in [-0.05, 0) is 13.8 Å². The van der Waals surface area contributed by atoms with Crippen LogP contribution in [0.3, 0.4) is 0 Å². The van der Waals surface area contributed by atoms with E-state index in [1.54, 1.807) is 0 Å². The molecular formula is C8H12N4O2. The molecule has 3 N–H and O–H groups in total. The Morgan fingerprint density at radius 1 is 1.71 bits per heavy atom. The monoisotopic (exact) mass is 196 g/mol. The summed E-state index contributed by atoms with van der Waals surface area (Å²) in [4.78, 5) is 15.5. The minimum absolute atomic E-state index is 0.0126. The maximum atomic E-state index is 11.7. The summed E-state index contributed by atoms with van der Waals surface area (Å²) in [6, 6.07) is -0.0126. The van der Waals surface area contributed by atoms with Gasteiger partial charge in [0.1, 0.15) is 5.56 Å². The van der Waals surface area contributed by atoms with Crippen LogP contribution >= 0.6 is 0 Å². The van der Waals surface area contributed by atoms with E-state index in [0.717, 1.165) is 0 Å². The predicted molar refractivity (Wildman–Crippen MR) is 51.4 cm³/mol. The largest absolute Gasteiger partial charge is 0.409 e. The van der Waals surface area contributed by atoms with Gasteiger partial charge in [0.15, 0.2) is 5.84 Å². The van der Waals surface area contributed by atoms with Crippen molar-refractivity contribution in [3.05, 3.63) is 28.4 Å². The van der Waals surface area contributed by atoms with Crippen LogP contribution in [-0.2, 0) is 0 Å². The van der Waals surface area contributed by atoms with E-state index in [4.69, 9.17) is 10.9 Å². The van der Waals surface area contributed by atoms with E-state index in [0.29, 0.717) is 0 Å². The topological polar surface area (TPSA) is 93.5 Å². The molecular weight excluding hydrogens is 184 g/mol. The quantitative estimate of drug-likeness (QED) is 0.299. The Bertz CT molecular complexity index is 408. The van der Waals surface area contributed by atoms with Crippen LogP contribution in [-0.4, -0.2) is 20.6 Å². The van der Waals surface area contributed by atoms with E-state index < -0.39 is 0 Å². The summed E-state index contributed by atoms with van der Waals surface area (Å²) in [5, 5.41) is 11.2. The van der Waals surface area contributed by atoms with Gasteiger partial charge in [0.25, 0.3) is 5.56 Å². The van der Waals surface area contributed by atoms with Crippen molar-refractivity contribution >= 4 is 5.84 Å². The van der Waals surface area contributed by atoms with Gasteiger partial charge in [0.05, 0.1) is 6.33 Å². The normalized spacial score (nSPS) is 12.1. The first kappa shape index (κ1) is 10.2. The van der Waals surface area contributed by atoms with Crippen molar-refractivity contribution in [3.8, 4) is 0 Å². The third kappa shape index (κ3) is 1.73. The Balaban J connectivity index is 3.36. The van der Waals surface area contributed by atoms with Crippen LogP contribution in [0.5, 0.6) is 0 Å². The Kier molecular flexibility index (Phi) is 2.85. The van der Waals surface area contributed by atoms with Crippen LogP contribution in [0.2, 0.25) is 0 Å². The van der Waals surface area contributed by atoms with Gasteiger partial charge < -0.3 is 10.9 Å². The SMILES string of the molecule is CC(C)n1cncc(/C(N)=N\O)c1=O. The van der Waals surface area contributed by atoms with E-state index in [-0.39, 0.29) is 23.0 Å². The second-order valence-corrected chi connectivity index (χ2v) is 3.10. The van der Waals surface area contributed by atoms with Crippen molar-refractivity contribution in [3.63, 3.8) is 0 Å². The second-order valence-electron chi connectivity index (χ2n) is 3.10. The van der Waals surface area contributed by atoms with Gasteiger partial charge in [-0.15, -0.1) is 0 Å². The highest BCUT2D eigenvalue weighted by Gasteiger charge is 2.09. The average Bonchev–Trinajstić information content (AvgIpc) is 2.16. The molecule has 6 heteroatoms. The lowest BCUT2D eigenvalue weighted by Crippen LogP contribution is -2.31. The molecule has 1 aromatic heterocycles. The Morgan fingerprint density at radius 3 is 2.86 bits per heavy atom. The van der Waals surface area contributed by atoms with E-state index in [9.17, 15) is 4.79 Å². The average molecular weight is 196 g/mol. The molecule has 0 fully saturated rings. The van der Waals surface area contributed by atoms with Crippen molar-refractivity contribution in [2.75, 3.05) is 0 Å². The first-order valence-electron chi connectivity index (χ1n) is 4.12. The molecule has 0 radical (unpaired) electrons. The number of rotatable bonds is 2. The summed E-state index contributed by atoms with van der Waals surface area (Å²) in [6.07, 6.45) is 2.69. The smallest absolute Gasteiger partial charge is 0.264 e. The highest BCUT2D eigenvalue weighted by atomic mass is 16.4. The van der Waals surface area contributed by atoms with Gasteiger partial charge in [-0.25, -0.2) is 4.98 Å². The minimum Gasteiger partial charge on any atom is -0.409 e. The van der Waals surface area contributed by atoms with E-state index in [1.165, 1.54) is 17.1 Å². The number of oxime groups is 1. The molecule has 14 heavy (non-hydrogen) atoms. The van der Waals surface area contributed by atoms with Crippen molar-refractivity contribution in [1.82, 2.24) is 9.55 Å². The summed E-state index contributed by atoms with van der Waals surface area (Å²) in [5.74, 6) is -0.225. The first-order valence-corrected chi connectivity index (χ1v) is 4.12. The maximum Gasteiger partial charge on any atom is 0.264 e. The lowest BCUT2D eigenvalue weighted by Gasteiger charge is -2.09. The molecule has 1 aromatic rings. The Morgan fingerprint density at radius 2 is 2.36 bits per heavy atom. The minimum atomic E-state index is -0.315. The van der Waals surface area contributed by atoms with Gasteiger partial charge in [0, 0.05) is 12.2 Å². The summed E-state index contributed by atoms with van der Waals surface area (Å²) in [7, 11) is 0. The molecule has 0 aliphatic heterocycles. The van der Waals surface area contributed by atoms with Crippen molar-refractivity contribution in [2.45, 2.75) is 19.9 Å². The molecule has 0 unspecified atom stereocenters. The highest BCUT2D eigenvalue weighted by molar-refractivity contribution is 5.96. The number of hydrogen-bond donors (Lipinski definition) is 2. The third-order valence-corrected chi connectivity index (χ3v) is 1.80. The summed E-state index contributed by atoms with van der Waals surface area (Å²) in [6.45, 7) is 3.69. The fourth-order valence-electron chi connectivity index (χ4n) is 1.02. The molecule has 0 saturated heterocycles. The number of nitrogens with zero attached hydrogens (tertiary/aromatic N) is 3. The molecule has 0 aliphatic carbocycles. The fraction of sp³-hybridized carbons (Fsp3) is 0.375. The lowest BCUT2D eigenvalue weighted by molar-refractivity contribution is 0.318. The first-order chi connectivity index (χ1) is 6.57. The summed E-state index contributed by atoms with van der Waals surface area (Å²) < 4.78 is 1.41. The number of hydrogen-bond acceptors (Lipinski definition) is 4. The van der Waals surface area contributed by atoms with Crippen LogP contribution in [0, 0.1) is 0 Å². The van der Waals surface area contributed by atoms with E-state index in [2.05, 4.69) is 10.1 Å². The number of nitrogens with two attached hydrogens (primary N) is 1. The predicted octanol–water partition coefficient (Wildman–Crippen LogP) is -0.0813. The van der Waals surface area contributed by atoms with Crippen molar-refractivity contribution < 1.29 is 5.21 Å². The number of aromatic nitrogens is 2. The molecule has 0 aromatic carbocycles. The molecule has 0 amide bonds. The zero-order valence-corrected chi connectivity index (χ0v) is 8.01. The van der Waals surface area contributed by atoms with Crippen LogP contribution in [0.4, 0.5) is 0 Å². The molecule has 0 bridgehead atoms. The van der Waals surface area contributed by atoms with Gasteiger partial charge in [-0.1, -0.05) is 5.16 Å². The molecule has 0 atom stereocenters. The lowest BCUT2D eigenvalue weighted by atomic mass is 10.3. The maximum absolute atomic E-state index is 11.7. The van der Waals surface area contributed by atoms with E-state index >= 15 is 0 Å². The third-order valence-electron chi connectivity index (χ3n) is 1.80. The highest BCUT2D eigenvalue weighted by Crippen LogP contribution is 1.98. The van der Waals surface area contributed by atoms with Crippen LogP contribution in [0.15, 0.2) is 22.5 Å². The van der Waals surface area contributed by atoms with Gasteiger partial charge in [0.2, 0.25) is 0 Å². The van der Waals surface area contributed by atoms with Crippen molar-refractivity contribution in [2.24, 2.45) is 10.9 Å². The second kappa shape index (κ2) is 3.91. The van der Waals surface area contributed by atoms with Gasteiger partial charge in [-0.3, -0.25) is 9.36 Å². The molecule has 0 spiro atoms. The summed E-state index contributed by atoms with van der Waals surface area (Å²) in [5.41, 5.74) is 5.10. The fourth-order valence-corrected chi connectivity index (χ4v) is 1.02. The molecule has 6 nitrogen and oxygen atoms in total.